The molecule has 0 amide bonds. The second kappa shape index (κ2) is 12.8. The van der Waals surface area contributed by atoms with Gasteiger partial charge in [0.1, 0.15) is 18.1 Å². The number of nitrogens with zero attached hydrogens (tertiary/aromatic N) is 6. The number of hydrogen-bond acceptors (Lipinski definition) is 11. The van der Waals surface area contributed by atoms with Gasteiger partial charge in [0.2, 0.25) is 0 Å². The Bertz CT molecular complexity index is 1640. The average Bonchev–Trinajstić information content (AvgIpc) is 3.68. The maximum atomic E-state index is 13.3. The molecule has 1 aliphatic heterocycles. The van der Waals surface area contributed by atoms with Gasteiger partial charge in [-0.25, -0.2) is 9.78 Å². The molecule has 1 N–H and O–H groups in total. The molecule has 232 valence electrons. The largest absolute Gasteiger partial charge is 0.461 e. The van der Waals surface area contributed by atoms with Crippen molar-refractivity contribution in [1.82, 2.24) is 29.4 Å². The number of pyridine rings is 1. The lowest BCUT2D eigenvalue weighted by Crippen LogP contribution is -2.47. The van der Waals surface area contributed by atoms with Crippen molar-refractivity contribution in [2.75, 3.05) is 52.5 Å². The van der Waals surface area contributed by atoms with Crippen LogP contribution in [0.5, 0.6) is 0 Å². The van der Waals surface area contributed by atoms with Crippen molar-refractivity contribution in [3.63, 3.8) is 0 Å². The van der Waals surface area contributed by atoms with Gasteiger partial charge in [-0.1, -0.05) is 6.07 Å². The molecular formula is C31H37N7O6. The van der Waals surface area contributed by atoms with Crippen LogP contribution in [0.3, 0.4) is 0 Å². The predicted molar refractivity (Wildman–Crippen MR) is 160 cm³/mol. The molecule has 1 saturated carbocycles. The van der Waals surface area contributed by atoms with E-state index in [1.54, 1.807) is 35.8 Å². The summed E-state index contributed by atoms with van der Waals surface area (Å²) in [5.74, 6) is 0.231. The van der Waals surface area contributed by atoms with Crippen LogP contribution in [0.2, 0.25) is 0 Å². The van der Waals surface area contributed by atoms with E-state index in [0.29, 0.717) is 68.9 Å². The maximum Gasteiger partial charge on any atom is 0.338 e. The van der Waals surface area contributed by atoms with Crippen LogP contribution in [0.1, 0.15) is 54.1 Å². The standard InChI is InChI=1S/C31H37N7O6/c1-37-13-9-24(36-37)23-5-4-21(18-33-23)22-19-34-38-28(22)35-27(26-25(39)8-12-32-29(26)38)20-6-10-31(11-7-20,44-17-15-42-3)30(40)43-16-14-41-2/h4-5,9,13,18-20,32H,6-8,10-12,14-17H2,1-3H3/t20-,31-. The zero-order valence-corrected chi connectivity index (χ0v) is 25.2. The minimum absolute atomic E-state index is 0.0359. The predicted octanol–water partition coefficient (Wildman–Crippen LogP) is 3.44. The highest BCUT2D eigenvalue weighted by Crippen LogP contribution is 2.43. The Morgan fingerprint density at radius 1 is 1.05 bits per heavy atom. The average molecular weight is 604 g/mol. The number of aromatic nitrogens is 6. The third-order valence-electron chi connectivity index (χ3n) is 8.39. The molecule has 13 nitrogen and oxygen atoms in total. The van der Waals surface area contributed by atoms with E-state index >= 15 is 0 Å². The Kier molecular flexibility index (Phi) is 8.69. The molecule has 0 unspecified atom stereocenters. The van der Waals surface area contributed by atoms with E-state index in [2.05, 4.69) is 20.5 Å². The van der Waals surface area contributed by atoms with Gasteiger partial charge in [-0.15, -0.1) is 0 Å². The van der Waals surface area contributed by atoms with Gasteiger partial charge in [-0.05, 0) is 37.8 Å². The van der Waals surface area contributed by atoms with Crippen molar-refractivity contribution in [3.8, 4) is 22.5 Å². The SMILES string of the molecule is COCCOC(=O)[C@]1(OCCOC)CC[C@H](c2nc3c(-c4ccc(-c5ccn(C)n5)nc4)cnn3c3c2C(=O)CCN3)CC1. The zero-order chi connectivity index (χ0) is 30.7. The summed E-state index contributed by atoms with van der Waals surface area (Å²) >= 11 is 0. The molecule has 0 spiro atoms. The molecule has 13 heteroatoms. The molecule has 1 aliphatic carbocycles. The van der Waals surface area contributed by atoms with Gasteiger partial charge in [0.25, 0.3) is 0 Å². The van der Waals surface area contributed by atoms with Gasteiger partial charge in [-0.3, -0.25) is 14.5 Å². The lowest BCUT2D eigenvalue weighted by atomic mass is 9.76. The maximum absolute atomic E-state index is 13.3. The number of fused-ring (bicyclic) bond motifs is 3. The summed E-state index contributed by atoms with van der Waals surface area (Å²) in [6.07, 6.45) is 7.87. The first kappa shape index (κ1) is 29.9. The minimum atomic E-state index is -1.09. The van der Waals surface area contributed by atoms with E-state index in [9.17, 15) is 9.59 Å². The van der Waals surface area contributed by atoms with Crippen molar-refractivity contribution in [2.24, 2.45) is 7.05 Å². The number of esters is 1. The second-order valence-corrected chi connectivity index (χ2v) is 11.2. The molecule has 5 heterocycles. The van der Waals surface area contributed by atoms with E-state index in [0.717, 1.165) is 28.2 Å². The van der Waals surface area contributed by atoms with E-state index in [-0.39, 0.29) is 24.9 Å². The summed E-state index contributed by atoms with van der Waals surface area (Å²) in [6.45, 7) is 1.62. The highest BCUT2D eigenvalue weighted by molar-refractivity contribution is 6.04. The molecule has 44 heavy (non-hydrogen) atoms. The summed E-state index contributed by atoms with van der Waals surface area (Å²) in [5.41, 5.74) is 4.07. The second-order valence-electron chi connectivity index (χ2n) is 11.2. The number of aryl methyl sites for hydroxylation is 1. The fraction of sp³-hybridized carbons (Fsp3) is 0.484. The van der Waals surface area contributed by atoms with Gasteiger partial charge in [0.05, 0.1) is 43.0 Å². The lowest BCUT2D eigenvalue weighted by Gasteiger charge is -2.38. The topological polar surface area (TPSA) is 144 Å². The van der Waals surface area contributed by atoms with Gasteiger partial charge < -0.3 is 24.3 Å². The highest BCUT2D eigenvalue weighted by Gasteiger charge is 2.46. The number of carbonyl (C=O) groups excluding carboxylic acids is 2. The number of Topliss-reactive ketones (excluding diaryl/α,β-unsaturated/α-hetero) is 1. The van der Waals surface area contributed by atoms with Crippen molar-refractivity contribution in [2.45, 2.75) is 43.6 Å². The molecule has 2 aliphatic rings. The van der Waals surface area contributed by atoms with Crippen molar-refractivity contribution >= 4 is 23.2 Å². The summed E-state index contributed by atoms with van der Waals surface area (Å²) in [7, 11) is 5.02. The fourth-order valence-electron chi connectivity index (χ4n) is 6.06. The van der Waals surface area contributed by atoms with Gasteiger partial charge >= 0.3 is 5.97 Å². The van der Waals surface area contributed by atoms with Crippen LogP contribution in [0, 0.1) is 0 Å². The van der Waals surface area contributed by atoms with Gasteiger partial charge in [0.15, 0.2) is 17.0 Å². The first-order valence-electron chi connectivity index (χ1n) is 14.9. The Morgan fingerprint density at radius 2 is 1.84 bits per heavy atom. The van der Waals surface area contributed by atoms with Crippen molar-refractivity contribution in [1.29, 1.82) is 0 Å². The Labute approximate surface area is 254 Å². The number of methoxy groups -OCH3 is 2. The molecule has 1 fully saturated rings. The van der Waals surface area contributed by atoms with Crippen LogP contribution in [0.4, 0.5) is 5.82 Å². The monoisotopic (exact) mass is 603 g/mol. The third kappa shape index (κ3) is 5.70. The first-order valence-corrected chi connectivity index (χ1v) is 14.9. The van der Waals surface area contributed by atoms with E-state index < -0.39 is 11.6 Å². The number of ketones is 1. The molecule has 6 rings (SSSR count). The number of ether oxygens (including phenoxy) is 4. The summed E-state index contributed by atoms with van der Waals surface area (Å²) in [5, 5.41) is 12.5. The molecule has 0 atom stereocenters. The molecule has 0 bridgehead atoms. The number of hydrogen-bond donors (Lipinski definition) is 1. The Hall–Kier alpha value is -4.20. The van der Waals surface area contributed by atoms with Gasteiger partial charge in [-0.2, -0.15) is 14.7 Å². The Balaban J connectivity index is 1.32. The van der Waals surface area contributed by atoms with Crippen molar-refractivity contribution < 1.29 is 28.5 Å². The van der Waals surface area contributed by atoms with E-state index in [1.807, 2.05) is 31.4 Å². The molecule has 0 aromatic carbocycles. The van der Waals surface area contributed by atoms with Crippen LogP contribution in [0.25, 0.3) is 28.2 Å². The van der Waals surface area contributed by atoms with Crippen LogP contribution >= 0.6 is 0 Å². The highest BCUT2D eigenvalue weighted by atomic mass is 16.6. The zero-order valence-electron chi connectivity index (χ0n) is 25.2. The van der Waals surface area contributed by atoms with E-state index in [1.165, 1.54) is 0 Å². The quantitative estimate of drug-likeness (QED) is 0.199. The van der Waals surface area contributed by atoms with Crippen molar-refractivity contribution in [3.05, 3.63) is 48.0 Å². The number of carbonyl (C=O) groups is 2. The lowest BCUT2D eigenvalue weighted by molar-refractivity contribution is -0.180. The molecular weight excluding hydrogens is 566 g/mol. The summed E-state index contributed by atoms with van der Waals surface area (Å²) in [6, 6.07) is 5.83. The summed E-state index contributed by atoms with van der Waals surface area (Å²) in [4.78, 5) is 36.3. The number of anilines is 1. The Morgan fingerprint density at radius 3 is 2.55 bits per heavy atom. The first-order chi connectivity index (χ1) is 21.4. The molecule has 0 radical (unpaired) electrons. The van der Waals surface area contributed by atoms with Crippen LogP contribution in [-0.2, 0) is 30.8 Å². The van der Waals surface area contributed by atoms with Crippen LogP contribution in [-0.4, -0.2) is 93.9 Å². The normalized spacial score (nSPS) is 20.0. The van der Waals surface area contributed by atoms with E-state index in [4.69, 9.17) is 23.9 Å². The molecule has 4 aromatic rings. The smallest absolute Gasteiger partial charge is 0.338 e. The molecule has 4 aromatic heterocycles. The number of rotatable bonds is 11. The van der Waals surface area contributed by atoms with Crippen LogP contribution in [0.15, 0.2) is 36.8 Å². The third-order valence-corrected chi connectivity index (χ3v) is 8.39. The summed E-state index contributed by atoms with van der Waals surface area (Å²) < 4.78 is 25.3. The fourth-order valence-corrected chi connectivity index (χ4v) is 6.06. The van der Waals surface area contributed by atoms with Gasteiger partial charge in [0, 0.05) is 63.7 Å². The minimum Gasteiger partial charge on any atom is -0.461 e. The molecule has 0 saturated heterocycles. The number of nitrogens with one attached hydrogen (secondary N) is 1. The van der Waals surface area contributed by atoms with Crippen LogP contribution < -0.4 is 5.32 Å².